The van der Waals surface area contributed by atoms with Crippen molar-refractivity contribution in [3.05, 3.63) is 108 Å². The lowest BCUT2D eigenvalue weighted by Gasteiger charge is -2.24. The first-order chi connectivity index (χ1) is 22.6. The van der Waals surface area contributed by atoms with Gasteiger partial charge in [0.05, 0.1) is 18.2 Å². The van der Waals surface area contributed by atoms with Gasteiger partial charge in [-0.25, -0.2) is 9.59 Å². The molecule has 0 radical (unpaired) electrons. The van der Waals surface area contributed by atoms with E-state index >= 15 is 0 Å². The number of esters is 1. The van der Waals surface area contributed by atoms with Gasteiger partial charge in [-0.2, -0.15) is 0 Å². The SMILES string of the molecule is CCCCCCCCCCCCCC=CC(OC(=O)c1ccccc1)[C@@H](CO)NC(=O)OCC1c2ccccc2-c2ccccc21. The summed E-state index contributed by atoms with van der Waals surface area (Å²) in [4.78, 5) is 26.0. The second kappa shape index (κ2) is 19.6. The Balaban J connectivity index is 1.28. The van der Waals surface area contributed by atoms with Crippen LogP contribution in [0, 0.1) is 0 Å². The lowest BCUT2D eigenvalue weighted by molar-refractivity contribution is 0.0253. The Kier molecular flexibility index (Phi) is 14.9. The van der Waals surface area contributed by atoms with E-state index in [0.29, 0.717) is 5.56 Å². The lowest BCUT2D eigenvalue weighted by atomic mass is 9.98. The molecule has 1 aliphatic rings. The van der Waals surface area contributed by atoms with Crippen LogP contribution in [-0.4, -0.2) is 42.5 Å². The van der Waals surface area contributed by atoms with Gasteiger partial charge in [-0.3, -0.25) is 0 Å². The molecule has 3 aromatic rings. The molecule has 0 aromatic heterocycles. The first kappa shape index (κ1) is 35.0. The van der Waals surface area contributed by atoms with Gasteiger partial charge in [0, 0.05) is 5.92 Å². The summed E-state index contributed by atoms with van der Waals surface area (Å²) < 4.78 is 11.5. The van der Waals surface area contributed by atoms with E-state index in [1.165, 1.54) is 57.8 Å². The average Bonchev–Trinajstić information content (AvgIpc) is 3.41. The fraction of sp³-hybridized carbons (Fsp3) is 0.450. The molecule has 1 amide bonds. The van der Waals surface area contributed by atoms with Gasteiger partial charge in [-0.15, -0.1) is 0 Å². The number of unbranched alkanes of at least 4 members (excludes halogenated alkanes) is 11. The number of hydrogen-bond donors (Lipinski definition) is 2. The van der Waals surface area contributed by atoms with E-state index in [0.717, 1.165) is 41.5 Å². The van der Waals surface area contributed by atoms with E-state index in [1.54, 1.807) is 30.3 Å². The van der Waals surface area contributed by atoms with E-state index in [9.17, 15) is 14.7 Å². The molecule has 0 saturated heterocycles. The van der Waals surface area contributed by atoms with Crippen molar-refractivity contribution in [2.45, 2.75) is 102 Å². The van der Waals surface area contributed by atoms with E-state index in [-0.39, 0.29) is 12.5 Å². The van der Waals surface area contributed by atoms with Crippen molar-refractivity contribution >= 4 is 12.1 Å². The topological polar surface area (TPSA) is 84.9 Å². The minimum atomic E-state index is -0.864. The van der Waals surface area contributed by atoms with Crippen LogP contribution in [-0.2, 0) is 9.47 Å². The highest BCUT2D eigenvalue weighted by Crippen LogP contribution is 2.44. The number of carbonyl (C=O) groups is 2. The number of alkyl carbamates (subject to hydrolysis) is 1. The second-order valence-electron chi connectivity index (χ2n) is 12.2. The van der Waals surface area contributed by atoms with E-state index in [1.807, 2.05) is 36.4 Å². The van der Waals surface area contributed by atoms with Crippen LogP contribution < -0.4 is 5.32 Å². The predicted octanol–water partition coefficient (Wildman–Crippen LogP) is 9.37. The normalized spacial score (nSPS) is 13.6. The molecule has 0 bridgehead atoms. The highest BCUT2D eigenvalue weighted by molar-refractivity contribution is 5.89. The maximum Gasteiger partial charge on any atom is 0.407 e. The summed E-state index contributed by atoms with van der Waals surface area (Å²) in [5.74, 6) is -0.596. The summed E-state index contributed by atoms with van der Waals surface area (Å²) >= 11 is 0. The van der Waals surface area contributed by atoms with Crippen molar-refractivity contribution in [1.82, 2.24) is 5.32 Å². The molecule has 0 fully saturated rings. The molecule has 0 aliphatic heterocycles. The van der Waals surface area contributed by atoms with Crippen molar-refractivity contribution in [2.75, 3.05) is 13.2 Å². The fourth-order valence-electron chi connectivity index (χ4n) is 6.20. The number of hydrogen-bond acceptors (Lipinski definition) is 5. The van der Waals surface area contributed by atoms with Gasteiger partial charge in [0.15, 0.2) is 0 Å². The number of aliphatic hydroxyl groups excluding tert-OH is 1. The van der Waals surface area contributed by atoms with Crippen LogP contribution in [0.3, 0.4) is 0 Å². The Labute approximate surface area is 275 Å². The molecule has 1 unspecified atom stereocenters. The summed E-state index contributed by atoms with van der Waals surface area (Å²) in [6.07, 6.45) is 17.1. The van der Waals surface area contributed by atoms with Gasteiger partial charge in [0.25, 0.3) is 0 Å². The Morgan fingerprint density at radius 1 is 0.761 bits per heavy atom. The average molecular weight is 626 g/mol. The molecule has 1 aliphatic carbocycles. The van der Waals surface area contributed by atoms with E-state index in [4.69, 9.17) is 9.47 Å². The van der Waals surface area contributed by atoms with Gasteiger partial charge in [-0.05, 0) is 53.3 Å². The van der Waals surface area contributed by atoms with Crippen molar-refractivity contribution in [1.29, 1.82) is 0 Å². The van der Waals surface area contributed by atoms with Crippen LogP contribution >= 0.6 is 0 Å². The maximum absolute atomic E-state index is 13.0. The molecule has 0 spiro atoms. The summed E-state index contributed by atoms with van der Waals surface area (Å²) in [6, 6.07) is 24.2. The van der Waals surface area contributed by atoms with Crippen molar-refractivity contribution in [3.8, 4) is 11.1 Å². The number of ether oxygens (including phenoxy) is 2. The highest BCUT2D eigenvalue weighted by atomic mass is 16.6. The first-order valence-corrected chi connectivity index (χ1v) is 17.3. The third kappa shape index (κ3) is 10.6. The summed E-state index contributed by atoms with van der Waals surface area (Å²) in [5.41, 5.74) is 4.95. The Morgan fingerprint density at radius 2 is 1.30 bits per heavy atom. The van der Waals surface area contributed by atoms with Crippen molar-refractivity contribution < 1.29 is 24.2 Å². The van der Waals surface area contributed by atoms with E-state index in [2.05, 4.69) is 36.5 Å². The van der Waals surface area contributed by atoms with Gasteiger partial charge >= 0.3 is 12.1 Å². The molecular formula is C40H51NO5. The number of carbonyl (C=O) groups excluding carboxylic acids is 2. The van der Waals surface area contributed by atoms with Crippen LogP contribution in [0.2, 0.25) is 0 Å². The predicted molar refractivity (Wildman–Crippen MR) is 185 cm³/mol. The zero-order valence-electron chi connectivity index (χ0n) is 27.4. The van der Waals surface area contributed by atoms with Crippen molar-refractivity contribution in [3.63, 3.8) is 0 Å². The summed E-state index contributed by atoms with van der Waals surface area (Å²) in [7, 11) is 0. The lowest BCUT2D eigenvalue weighted by Crippen LogP contribution is -2.47. The van der Waals surface area contributed by atoms with Crippen LogP contribution in [0.1, 0.15) is 111 Å². The van der Waals surface area contributed by atoms with Crippen LogP contribution in [0.15, 0.2) is 91.0 Å². The number of nitrogens with one attached hydrogen (secondary N) is 1. The highest BCUT2D eigenvalue weighted by Gasteiger charge is 2.30. The summed E-state index contributed by atoms with van der Waals surface area (Å²) in [5, 5.41) is 13.0. The van der Waals surface area contributed by atoms with Crippen LogP contribution in [0.5, 0.6) is 0 Å². The smallest absolute Gasteiger partial charge is 0.407 e. The third-order valence-electron chi connectivity index (χ3n) is 8.79. The second-order valence-corrected chi connectivity index (χ2v) is 12.2. The summed E-state index contributed by atoms with van der Waals surface area (Å²) in [6.45, 7) is 1.99. The molecule has 4 rings (SSSR count). The maximum atomic E-state index is 13.0. The molecule has 6 nitrogen and oxygen atoms in total. The first-order valence-electron chi connectivity index (χ1n) is 17.3. The molecule has 0 saturated carbocycles. The molecule has 246 valence electrons. The Bertz CT molecular complexity index is 1330. The van der Waals surface area contributed by atoms with E-state index < -0.39 is 30.8 Å². The van der Waals surface area contributed by atoms with Crippen molar-refractivity contribution in [2.24, 2.45) is 0 Å². The number of aliphatic hydroxyl groups is 1. The monoisotopic (exact) mass is 625 g/mol. The zero-order valence-corrected chi connectivity index (χ0v) is 27.4. The molecule has 0 heterocycles. The number of rotatable bonds is 20. The molecule has 6 heteroatoms. The number of benzene rings is 3. The van der Waals surface area contributed by atoms with Gasteiger partial charge in [0.1, 0.15) is 12.7 Å². The minimum absolute atomic E-state index is 0.0804. The molecule has 3 aromatic carbocycles. The van der Waals surface area contributed by atoms with Crippen LogP contribution in [0.4, 0.5) is 4.79 Å². The third-order valence-corrected chi connectivity index (χ3v) is 8.79. The Hall–Kier alpha value is -3.90. The largest absolute Gasteiger partial charge is 0.452 e. The number of fused-ring (bicyclic) bond motifs is 3. The zero-order chi connectivity index (χ0) is 32.4. The molecule has 2 atom stereocenters. The fourth-order valence-corrected chi connectivity index (χ4v) is 6.20. The van der Waals surface area contributed by atoms with Gasteiger partial charge in [0.2, 0.25) is 0 Å². The molecular weight excluding hydrogens is 574 g/mol. The van der Waals surface area contributed by atoms with Crippen LogP contribution in [0.25, 0.3) is 11.1 Å². The quantitative estimate of drug-likeness (QED) is 0.0742. The van der Waals surface area contributed by atoms with Gasteiger partial charge in [-0.1, -0.05) is 144 Å². The number of allylic oxidation sites excluding steroid dienone is 1. The molecule has 2 N–H and O–H groups in total. The standard InChI is InChI=1S/C40H51NO5/c1-2-3-4-5-6-7-8-9-10-11-12-13-17-28-38(46-39(43)31-22-15-14-16-23-31)37(29-42)41-40(44)45-30-36-34-26-20-18-24-32(34)33-25-19-21-27-35(33)36/h14-28,36-38,42H,2-13,29-30H2,1H3,(H,41,44)/t37-,38?/m1/s1. The minimum Gasteiger partial charge on any atom is -0.452 e. The number of amides is 1. The Morgan fingerprint density at radius 3 is 1.89 bits per heavy atom. The van der Waals surface area contributed by atoms with Gasteiger partial charge < -0.3 is 19.9 Å². The molecule has 46 heavy (non-hydrogen) atoms.